The largest absolute Gasteiger partial charge is 0.493 e. The Balaban J connectivity index is 2.12. The normalized spacial score (nSPS) is 11.7. The van der Waals surface area contributed by atoms with Crippen LogP contribution in [0.4, 0.5) is 0 Å². The fraction of sp³-hybridized carbons (Fsp3) is 0.350. The van der Waals surface area contributed by atoms with Crippen LogP contribution in [-0.2, 0) is 23.1 Å². The van der Waals surface area contributed by atoms with E-state index in [4.69, 9.17) is 19.3 Å². The number of hydrogen-bond donors (Lipinski definition) is 3. The van der Waals surface area contributed by atoms with Crippen LogP contribution in [0.25, 0.3) is 0 Å². The molecule has 4 N–H and O–H groups in total. The molecular formula is C20H28N4O5S. The highest BCUT2D eigenvalue weighted by Gasteiger charge is 2.13. The molecule has 2 rings (SSSR count). The van der Waals surface area contributed by atoms with Crippen LogP contribution in [0.1, 0.15) is 18.1 Å². The van der Waals surface area contributed by atoms with Crippen molar-refractivity contribution >= 4 is 16.0 Å². The summed E-state index contributed by atoms with van der Waals surface area (Å²) in [5, 5.41) is 11.5. The number of nitrogens with one attached hydrogen (secondary N) is 2. The number of benzene rings is 2. The number of primary sulfonamides is 1. The van der Waals surface area contributed by atoms with Crippen LogP contribution in [-0.4, -0.2) is 42.3 Å². The Morgan fingerprint density at radius 3 is 2.03 bits per heavy atom. The molecule has 0 aromatic heterocycles. The van der Waals surface area contributed by atoms with Crippen molar-refractivity contribution in [3.63, 3.8) is 0 Å². The SMILES string of the molecule is CCNC(=NCc1cc(OC)c(OC)c(OC)c1)NCc1ccc(S(N)(=O)=O)cc1. The van der Waals surface area contributed by atoms with Crippen LogP contribution in [0.15, 0.2) is 46.3 Å². The van der Waals surface area contributed by atoms with E-state index in [1.54, 1.807) is 33.5 Å². The Morgan fingerprint density at radius 2 is 1.57 bits per heavy atom. The van der Waals surface area contributed by atoms with E-state index in [-0.39, 0.29) is 4.90 Å². The summed E-state index contributed by atoms with van der Waals surface area (Å²) < 4.78 is 38.8. The first-order valence-corrected chi connectivity index (χ1v) is 10.8. The molecule has 2 aromatic carbocycles. The Morgan fingerprint density at radius 1 is 0.967 bits per heavy atom. The standard InChI is InChI=1S/C20H28N4O5S/c1-5-22-20(23-12-14-6-8-16(9-7-14)30(21,25)26)24-13-15-10-17(27-2)19(29-4)18(11-15)28-3/h6-11H,5,12-13H2,1-4H3,(H2,21,25,26)(H2,22,23,24). The van der Waals surface area contributed by atoms with E-state index < -0.39 is 10.0 Å². The average molecular weight is 437 g/mol. The number of nitrogens with zero attached hydrogens (tertiary/aromatic N) is 1. The van der Waals surface area contributed by atoms with Gasteiger partial charge in [-0.1, -0.05) is 12.1 Å². The highest BCUT2D eigenvalue weighted by atomic mass is 32.2. The second kappa shape index (κ2) is 10.7. The molecule has 30 heavy (non-hydrogen) atoms. The summed E-state index contributed by atoms with van der Waals surface area (Å²) >= 11 is 0. The molecule has 0 spiro atoms. The van der Waals surface area contributed by atoms with Crippen LogP contribution in [0.5, 0.6) is 17.2 Å². The van der Waals surface area contributed by atoms with Gasteiger partial charge in [-0.05, 0) is 42.3 Å². The third-order valence-corrected chi connectivity index (χ3v) is 5.13. The Bertz CT molecular complexity index is 950. The summed E-state index contributed by atoms with van der Waals surface area (Å²) in [6.07, 6.45) is 0. The Labute approximate surface area is 177 Å². The van der Waals surface area contributed by atoms with Crippen molar-refractivity contribution in [3.8, 4) is 17.2 Å². The molecular weight excluding hydrogens is 408 g/mol. The van der Waals surface area contributed by atoms with Crippen LogP contribution in [0, 0.1) is 0 Å². The van der Waals surface area contributed by atoms with Crippen molar-refractivity contribution in [2.24, 2.45) is 10.1 Å². The first-order valence-electron chi connectivity index (χ1n) is 9.25. The summed E-state index contributed by atoms with van der Waals surface area (Å²) in [6, 6.07) is 10.1. The molecule has 0 aliphatic carbocycles. The maximum atomic E-state index is 11.4. The lowest BCUT2D eigenvalue weighted by Gasteiger charge is -2.14. The molecule has 9 nitrogen and oxygen atoms in total. The van der Waals surface area contributed by atoms with E-state index in [1.807, 2.05) is 19.1 Å². The predicted molar refractivity (Wildman–Crippen MR) is 116 cm³/mol. The monoisotopic (exact) mass is 436 g/mol. The number of aliphatic imine (C=N–C) groups is 1. The molecule has 0 fully saturated rings. The van der Waals surface area contributed by atoms with Crippen molar-refractivity contribution in [2.75, 3.05) is 27.9 Å². The molecule has 0 radical (unpaired) electrons. The minimum Gasteiger partial charge on any atom is -0.493 e. The van der Waals surface area contributed by atoms with E-state index in [0.29, 0.717) is 42.8 Å². The first-order chi connectivity index (χ1) is 14.3. The molecule has 0 saturated heterocycles. The van der Waals surface area contributed by atoms with Gasteiger partial charge in [0.15, 0.2) is 17.5 Å². The van der Waals surface area contributed by atoms with Crippen LogP contribution in [0.3, 0.4) is 0 Å². The van der Waals surface area contributed by atoms with Crippen molar-refractivity contribution in [1.29, 1.82) is 0 Å². The minimum atomic E-state index is -3.70. The number of sulfonamides is 1. The predicted octanol–water partition coefficient (Wildman–Crippen LogP) is 1.62. The molecule has 10 heteroatoms. The van der Waals surface area contributed by atoms with Crippen molar-refractivity contribution in [1.82, 2.24) is 10.6 Å². The highest BCUT2D eigenvalue weighted by Crippen LogP contribution is 2.38. The minimum absolute atomic E-state index is 0.0780. The van der Waals surface area contributed by atoms with Gasteiger partial charge in [-0.25, -0.2) is 18.5 Å². The topological polar surface area (TPSA) is 124 Å². The lowest BCUT2D eigenvalue weighted by molar-refractivity contribution is 0.324. The van der Waals surface area contributed by atoms with Gasteiger partial charge in [-0.3, -0.25) is 0 Å². The van der Waals surface area contributed by atoms with Crippen LogP contribution >= 0.6 is 0 Å². The van der Waals surface area contributed by atoms with Gasteiger partial charge in [-0.2, -0.15) is 0 Å². The van der Waals surface area contributed by atoms with E-state index in [2.05, 4.69) is 15.6 Å². The second-order valence-corrected chi connectivity index (χ2v) is 7.83. The van der Waals surface area contributed by atoms with Crippen molar-refractivity contribution < 1.29 is 22.6 Å². The molecule has 0 aliphatic heterocycles. The molecule has 164 valence electrons. The number of nitrogens with two attached hydrogens (primary N) is 1. The third kappa shape index (κ3) is 6.26. The third-order valence-electron chi connectivity index (χ3n) is 4.20. The zero-order valence-corrected chi connectivity index (χ0v) is 18.4. The molecule has 0 heterocycles. The maximum Gasteiger partial charge on any atom is 0.238 e. The Hall–Kier alpha value is -2.98. The van der Waals surface area contributed by atoms with Gasteiger partial charge in [0.2, 0.25) is 15.8 Å². The number of rotatable bonds is 9. The van der Waals surface area contributed by atoms with Gasteiger partial charge in [0.1, 0.15) is 0 Å². The fourth-order valence-corrected chi connectivity index (χ4v) is 3.24. The van der Waals surface area contributed by atoms with E-state index in [9.17, 15) is 8.42 Å². The zero-order chi connectivity index (χ0) is 22.1. The average Bonchev–Trinajstić information content (AvgIpc) is 2.74. The van der Waals surface area contributed by atoms with Crippen LogP contribution in [0.2, 0.25) is 0 Å². The summed E-state index contributed by atoms with van der Waals surface area (Å²) in [5.41, 5.74) is 1.78. The Kier molecular flexibility index (Phi) is 8.31. The molecule has 0 unspecified atom stereocenters. The van der Waals surface area contributed by atoms with Gasteiger partial charge >= 0.3 is 0 Å². The van der Waals surface area contributed by atoms with E-state index >= 15 is 0 Å². The lowest BCUT2D eigenvalue weighted by Crippen LogP contribution is -2.36. The van der Waals surface area contributed by atoms with Gasteiger partial charge in [0, 0.05) is 13.1 Å². The number of methoxy groups -OCH3 is 3. The fourth-order valence-electron chi connectivity index (χ4n) is 2.72. The molecule has 0 amide bonds. The molecule has 0 atom stereocenters. The van der Waals surface area contributed by atoms with Crippen molar-refractivity contribution in [2.45, 2.75) is 24.9 Å². The number of hydrogen-bond acceptors (Lipinski definition) is 6. The highest BCUT2D eigenvalue weighted by molar-refractivity contribution is 7.89. The molecule has 0 aliphatic rings. The zero-order valence-electron chi connectivity index (χ0n) is 17.6. The number of guanidine groups is 1. The summed E-state index contributed by atoms with van der Waals surface area (Å²) in [6.45, 7) is 3.51. The van der Waals surface area contributed by atoms with E-state index in [1.165, 1.54) is 12.1 Å². The summed E-state index contributed by atoms with van der Waals surface area (Å²) in [5.74, 6) is 2.27. The first kappa shape index (κ1) is 23.3. The maximum absolute atomic E-state index is 11.4. The van der Waals surface area contributed by atoms with Gasteiger partial charge in [-0.15, -0.1) is 0 Å². The molecule has 2 aromatic rings. The quantitative estimate of drug-likeness (QED) is 0.403. The van der Waals surface area contributed by atoms with E-state index in [0.717, 1.165) is 11.1 Å². The molecule has 0 saturated carbocycles. The summed E-state index contributed by atoms with van der Waals surface area (Å²) in [7, 11) is 0.988. The van der Waals surface area contributed by atoms with Crippen LogP contribution < -0.4 is 30.0 Å². The van der Waals surface area contributed by atoms with Gasteiger partial charge in [0.05, 0.1) is 32.8 Å². The molecule has 0 bridgehead atoms. The van der Waals surface area contributed by atoms with Crippen molar-refractivity contribution in [3.05, 3.63) is 47.5 Å². The number of ether oxygens (including phenoxy) is 3. The van der Waals surface area contributed by atoms with Gasteiger partial charge < -0.3 is 24.8 Å². The lowest BCUT2D eigenvalue weighted by atomic mass is 10.2. The summed E-state index contributed by atoms with van der Waals surface area (Å²) in [4.78, 5) is 4.67. The van der Waals surface area contributed by atoms with Gasteiger partial charge in [0.25, 0.3) is 0 Å². The second-order valence-electron chi connectivity index (χ2n) is 6.27. The smallest absolute Gasteiger partial charge is 0.238 e.